The average molecular weight is 258 g/mol. The number of nitrogens with zero attached hydrogens (tertiary/aromatic N) is 1. The molecule has 1 aliphatic heterocycles. The highest BCUT2D eigenvalue weighted by atomic mass is 16.5. The van der Waals surface area contributed by atoms with Gasteiger partial charge in [-0.05, 0) is 19.8 Å². The Morgan fingerprint density at radius 1 is 1.56 bits per heavy atom. The Morgan fingerprint density at radius 2 is 2.28 bits per heavy atom. The molecule has 0 spiro atoms. The van der Waals surface area contributed by atoms with Gasteiger partial charge in [0.15, 0.2) is 0 Å². The first kappa shape index (κ1) is 14.7. The van der Waals surface area contributed by atoms with Crippen molar-refractivity contribution >= 4 is 12.0 Å². The Hall–Kier alpha value is -1.34. The first-order valence-electron chi connectivity index (χ1n) is 6.14. The summed E-state index contributed by atoms with van der Waals surface area (Å²) in [4.78, 5) is 24.4. The summed E-state index contributed by atoms with van der Waals surface area (Å²) in [5, 5.41) is 2.79. The molecule has 0 aliphatic carbocycles. The van der Waals surface area contributed by atoms with Gasteiger partial charge in [-0.1, -0.05) is 0 Å². The lowest BCUT2D eigenvalue weighted by atomic mass is 10.1. The van der Waals surface area contributed by atoms with Crippen LogP contribution in [0.5, 0.6) is 0 Å². The Balaban J connectivity index is 2.27. The van der Waals surface area contributed by atoms with Gasteiger partial charge in [-0.2, -0.15) is 0 Å². The largest absolute Gasteiger partial charge is 0.453 e. The van der Waals surface area contributed by atoms with Crippen molar-refractivity contribution in [1.82, 2.24) is 15.6 Å². The highest BCUT2D eigenvalue weighted by Gasteiger charge is 2.27. The third-order valence-corrected chi connectivity index (χ3v) is 3.30. The number of carbonyl (C=O) groups excluding carboxylic acids is 2. The Bertz CT molecular complexity index is 298. The lowest BCUT2D eigenvalue weighted by Gasteiger charge is -2.24. The normalized spacial score (nSPS) is 21.4. The Kier molecular flexibility index (Phi) is 5.87. The van der Waals surface area contributed by atoms with Crippen LogP contribution in [0.1, 0.15) is 26.2 Å². The van der Waals surface area contributed by atoms with Gasteiger partial charge < -0.3 is 10.1 Å². The van der Waals surface area contributed by atoms with Crippen LogP contribution < -0.4 is 16.6 Å². The molecule has 1 heterocycles. The van der Waals surface area contributed by atoms with Crippen LogP contribution in [-0.2, 0) is 9.53 Å². The molecule has 4 N–H and O–H groups in total. The second kappa shape index (κ2) is 7.17. The molecule has 0 aromatic carbocycles. The molecule has 0 saturated carbocycles. The minimum atomic E-state index is -0.392. The van der Waals surface area contributed by atoms with Crippen LogP contribution in [-0.4, -0.2) is 49.2 Å². The van der Waals surface area contributed by atoms with E-state index in [2.05, 4.69) is 27.3 Å². The van der Waals surface area contributed by atoms with E-state index in [0.29, 0.717) is 12.5 Å². The van der Waals surface area contributed by atoms with Gasteiger partial charge in [-0.3, -0.25) is 15.1 Å². The second-order valence-electron chi connectivity index (χ2n) is 4.57. The summed E-state index contributed by atoms with van der Waals surface area (Å²) in [7, 11) is 1.36. The summed E-state index contributed by atoms with van der Waals surface area (Å²) in [5.74, 6) is 4.88. The van der Waals surface area contributed by atoms with Crippen molar-refractivity contribution in [3.8, 4) is 0 Å². The third-order valence-electron chi connectivity index (χ3n) is 3.30. The molecule has 0 aromatic heterocycles. The predicted octanol–water partition coefficient (Wildman–Crippen LogP) is -0.425. The predicted molar refractivity (Wildman–Crippen MR) is 66.5 cm³/mol. The van der Waals surface area contributed by atoms with E-state index in [4.69, 9.17) is 5.84 Å². The number of carbonyl (C=O) groups is 2. The molecule has 2 atom stereocenters. The molecule has 1 saturated heterocycles. The number of hydrogen-bond donors (Lipinski definition) is 3. The molecule has 18 heavy (non-hydrogen) atoms. The number of amides is 2. The fourth-order valence-corrected chi connectivity index (χ4v) is 2.13. The van der Waals surface area contributed by atoms with Crippen LogP contribution in [0.3, 0.4) is 0 Å². The fraction of sp³-hybridized carbons (Fsp3) is 0.818. The van der Waals surface area contributed by atoms with Gasteiger partial charge >= 0.3 is 6.09 Å². The zero-order valence-electron chi connectivity index (χ0n) is 10.9. The number of ether oxygens (including phenoxy) is 1. The van der Waals surface area contributed by atoms with E-state index in [1.54, 1.807) is 0 Å². The van der Waals surface area contributed by atoms with Gasteiger partial charge in [0, 0.05) is 31.6 Å². The van der Waals surface area contributed by atoms with Gasteiger partial charge in [-0.25, -0.2) is 10.6 Å². The van der Waals surface area contributed by atoms with Crippen molar-refractivity contribution in [1.29, 1.82) is 0 Å². The van der Waals surface area contributed by atoms with E-state index in [9.17, 15) is 9.59 Å². The molecular formula is C11H22N4O3. The quantitative estimate of drug-likeness (QED) is 0.353. The summed E-state index contributed by atoms with van der Waals surface area (Å²) in [5.41, 5.74) is 2.12. The van der Waals surface area contributed by atoms with Gasteiger partial charge in [0.05, 0.1) is 7.11 Å². The number of hydrazine groups is 1. The van der Waals surface area contributed by atoms with Crippen LogP contribution in [0, 0.1) is 0 Å². The maximum atomic E-state index is 11.1. The summed E-state index contributed by atoms with van der Waals surface area (Å²) >= 11 is 0. The zero-order valence-corrected chi connectivity index (χ0v) is 10.9. The van der Waals surface area contributed by atoms with E-state index in [1.165, 1.54) is 7.11 Å². The van der Waals surface area contributed by atoms with Crippen LogP contribution in [0.2, 0.25) is 0 Å². The number of alkyl carbamates (subject to hydrolysis) is 1. The van der Waals surface area contributed by atoms with E-state index in [-0.39, 0.29) is 11.9 Å². The summed E-state index contributed by atoms with van der Waals surface area (Å²) in [6.07, 6.45) is 1.69. The molecule has 0 radical (unpaired) electrons. The molecule has 0 aromatic rings. The van der Waals surface area contributed by atoms with Crippen LogP contribution >= 0.6 is 0 Å². The van der Waals surface area contributed by atoms with Crippen LogP contribution in [0.4, 0.5) is 4.79 Å². The first-order chi connectivity index (χ1) is 8.56. The summed E-state index contributed by atoms with van der Waals surface area (Å²) < 4.78 is 4.57. The molecule has 7 nitrogen and oxygen atoms in total. The molecule has 1 aliphatic rings. The topological polar surface area (TPSA) is 96.7 Å². The molecule has 1 rings (SSSR count). The van der Waals surface area contributed by atoms with Crippen LogP contribution in [0.15, 0.2) is 0 Å². The molecule has 2 unspecified atom stereocenters. The molecular weight excluding hydrogens is 236 g/mol. The fourth-order valence-electron chi connectivity index (χ4n) is 2.13. The highest BCUT2D eigenvalue weighted by Crippen LogP contribution is 2.15. The smallest absolute Gasteiger partial charge is 0.407 e. The zero-order chi connectivity index (χ0) is 13.5. The average Bonchev–Trinajstić information content (AvgIpc) is 2.83. The monoisotopic (exact) mass is 258 g/mol. The number of nitrogens with two attached hydrogens (primary N) is 1. The van der Waals surface area contributed by atoms with Crippen molar-refractivity contribution in [3.05, 3.63) is 0 Å². The molecule has 1 fully saturated rings. The van der Waals surface area contributed by atoms with E-state index in [0.717, 1.165) is 25.9 Å². The van der Waals surface area contributed by atoms with Gasteiger partial charge in [0.25, 0.3) is 0 Å². The molecule has 2 amide bonds. The first-order valence-corrected chi connectivity index (χ1v) is 6.14. The lowest BCUT2D eigenvalue weighted by Crippen LogP contribution is -2.39. The maximum Gasteiger partial charge on any atom is 0.407 e. The third kappa shape index (κ3) is 4.50. The van der Waals surface area contributed by atoms with Gasteiger partial charge in [0.1, 0.15) is 0 Å². The maximum absolute atomic E-state index is 11.1. The minimum Gasteiger partial charge on any atom is -0.453 e. The second-order valence-corrected chi connectivity index (χ2v) is 4.57. The number of hydrogen-bond acceptors (Lipinski definition) is 5. The standard InChI is InChI=1S/C11H22N4O3/c1-8(3-4-10(16)14-12)15-6-5-9(7-15)13-11(17)18-2/h8-9H,3-7,12H2,1-2H3,(H,13,17)(H,14,16). The Labute approximate surface area is 107 Å². The van der Waals surface area contributed by atoms with Crippen molar-refractivity contribution in [2.24, 2.45) is 5.84 Å². The van der Waals surface area contributed by atoms with Gasteiger partial charge in [-0.15, -0.1) is 0 Å². The highest BCUT2D eigenvalue weighted by molar-refractivity contribution is 5.75. The number of rotatable bonds is 5. The number of methoxy groups -OCH3 is 1. The summed E-state index contributed by atoms with van der Waals surface area (Å²) in [6, 6.07) is 0.426. The van der Waals surface area contributed by atoms with E-state index < -0.39 is 6.09 Å². The van der Waals surface area contributed by atoms with Crippen molar-refractivity contribution in [2.75, 3.05) is 20.2 Å². The molecule has 7 heteroatoms. The van der Waals surface area contributed by atoms with E-state index >= 15 is 0 Å². The Morgan fingerprint density at radius 3 is 2.89 bits per heavy atom. The molecule has 104 valence electrons. The minimum absolute atomic E-state index is 0.128. The molecule has 0 bridgehead atoms. The lowest BCUT2D eigenvalue weighted by molar-refractivity contribution is -0.121. The number of likely N-dealkylation sites (tertiary alicyclic amines) is 1. The SMILES string of the molecule is COC(=O)NC1CCN(C(C)CCC(=O)NN)C1. The number of nitrogens with one attached hydrogen (secondary N) is 2. The van der Waals surface area contributed by atoms with Crippen molar-refractivity contribution in [2.45, 2.75) is 38.3 Å². The van der Waals surface area contributed by atoms with Crippen LogP contribution in [0.25, 0.3) is 0 Å². The van der Waals surface area contributed by atoms with Gasteiger partial charge in [0.2, 0.25) is 5.91 Å². The van der Waals surface area contributed by atoms with E-state index in [1.807, 2.05) is 0 Å². The van der Waals surface area contributed by atoms with Crippen molar-refractivity contribution in [3.63, 3.8) is 0 Å². The summed E-state index contributed by atoms with van der Waals surface area (Å²) in [6.45, 7) is 3.78. The van der Waals surface area contributed by atoms with Crippen molar-refractivity contribution < 1.29 is 14.3 Å².